The zero-order valence-electron chi connectivity index (χ0n) is 13.9. The number of pyridine rings is 1. The van der Waals surface area contributed by atoms with Gasteiger partial charge in [-0.15, -0.1) is 0 Å². The van der Waals surface area contributed by atoms with Crippen molar-refractivity contribution in [2.75, 3.05) is 13.1 Å². The molecule has 0 aliphatic carbocycles. The van der Waals surface area contributed by atoms with Gasteiger partial charge in [0.25, 0.3) is 0 Å². The van der Waals surface area contributed by atoms with Gasteiger partial charge in [0.2, 0.25) is 11.8 Å². The van der Waals surface area contributed by atoms with E-state index in [2.05, 4.69) is 10.1 Å². The van der Waals surface area contributed by atoms with Crippen LogP contribution in [-0.4, -0.2) is 40.1 Å². The fourth-order valence-electron chi connectivity index (χ4n) is 2.86. The van der Waals surface area contributed by atoms with Crippen LogP contribution in [0, 0.1) is 0 Å². The number of carbonyl (C=O) groups excluding carboxylic acids is 1. The predicted molar refractivity (Wildman–Crippen MR) is 87.9 cm³/mol. The minimum absolute atomic E-state index is 0.0888. The molecule has 1 aliphatic heterocycles. The van der Waals surface area contributed by atoms with Crippen LogP contribution in [0.3, 0.4) is 0 Å². The minimum atomic E-state index is -4.46. The second-order valence-corrected chi connectivity index (χ2v) is 6.22. The molecule has 1 saturated heterocycles. The van der Waals surface area contributed by atoms with Crippen LogP contribution in [0.4, 0.5) is 13.2 Å². The smallest absolute Gasteiger partial charge is 0.416 e. The van der Waals surface area contributed by atoms with E-state index >= 15 is 0 Å². The first-order valence-electron chi connectivity index (χ1n) is 8.21. The molecule has 1 aliphatic rings. The summed E-state index contributed by atoms with van der Waals surface area (Å²) in [5, 5.41) is 4.71. The number of nitrogens with zero attached hydrogens (tertiary/aromatic N) is 3. The fourth-order valence-corrected chi connectivity index (χ4v) is 2.86. The van der Waals surface area contributed by atoms with Gasteiger partial charge in [0.05, 0.1) is 25.1 Å². The third-order valence-corrected chi connectivity index (χ3v) is 4.32. The first kappa shape index (κ1) is 17.3. The third-order valence-electron chi connectivity index (χ3n) is 4.32. The van der Waals surface area contributed by atoms with Gasteiger partial charge in [-0.25, -0.2) is 4.98 Å². The number of hydrogen-bond acceptors (Lipinski definition) is 5. The van der Waals surface area contributed by atoms with Crippen LogP contribution in [-0.2, 0) is 17.4 Å². The number of likely N-dealkylation sites (tertiary alicyclic amines) is 1. The lowest BCUT2D eigenvalue weighted by molar-refractivity contribution is -0.139. The number of ether oxygens (including phenoxy) is 1. The van der Waals surface area contributed by atoms with E-state index in [9.17, 15) is 18.0 Å². The van der Waals surface area contributed by atoms with Crippen LogP contribution in [0.15, 0.2) is 47.1 Å². The molecule has 3 heterocycles. The molecule has 140 valence electrons. The molecule has 6 nitrogen and oxygen atoms in total. The lowest BCUT2D eigenvalue weighted by atomic mass is 10.1. The fraction of sp³-hybridized carbons (Fsp3) is 0.278. The summed E-state index contributed by atoms with van der Waals surface area (Å²) >= 11 is 0. The van der Waals surface area contributed by atoms with Crippen LogP contribution in [0.5, 0.6) is 5.88 Å². The molecule has 27 heavy (non-hydrogen) atoms. The molecule has 0 atom stereocenters. The molecule has 1 fully saturated rings. The number of carbonyl (C=O) groups is 1. The zero-order valence-corrected chi connectivity index (χ0v) is 13.9. The average molecular weight is 377 g/mol. The predicted octanol–water partition coefficient (Wildman–Crippen LogP) is 3.07. The average Bonchev–Trinajstić information content (AvgIpc) is 3.00. The van der Waals surface area contributed by atoms with Gasteiger partial charge in [-0.3, -0.25) is 4.79 Å². The summed E-state index contributed by atoms with van der Waals surface area (Å²) in [7, 11) is 0. The van der Waals surface area contributed by atoms with Gasteiger partial charge in [-0.1, -0.05) is 17.3 Å². The van der Waals surface area contributed by atoms with Gasteiger partial charge < -0.3 is 14.2 Å². The van der Waals surface area contributed by atoms with Crippen LogP contribution >= 0.6 is 0 Å². The van der Waals surface area contributed by atoms with Crippen molar-refractivity contribution in [2.45, 2.75) is 18.7 Å². The Bertz CT molecular complexity index is 980. The second kappa shape index (κ2) is 6.57. The van der Waals surface area contributed by atoms with E-state index in [1.165, 1.54) is 0 Å². The number of rotatable bonds is 4. The van der Waals surface area contributed by atoms with Crippen molar-refractivity contribution in [1.29, 1.82) is 0 Å². The van der Waals surface area contributed by atoms with E-state index in [0.717, 1.165) is 23.7 Å². The van der Waals surface area contributed by atoms with E-state index in [4.69, 9.17) is 9.26 Å². The molecular formula is C18H14F3N3O3. The van der Waals surface area contributed by atoms with Gasteiger partial charge in [0, 0.05) is 17.6 Å². The van der Waals surface area contributed by atoms with E-state index in [-0.39, 0.29) is 37.4 Å². The van der Waals surface area contributed by atoms with Crippen molar-refractivity contribution in [3.8, 4) is 5.88 Å². The summed E-state index contributed by atoms with van der Waals surface area (Å²) in [6, 6.07) is 8.99. The van der Waals surface area contributed by atoms with Crippen LogP contribution in [0.25, 0.3) is 11.0 Å². The van der Waals surface area contributed by atoms with Crippen LogP contribution < -0.4 is 4.74 Å². The normalized spacial score (nSPS) is 15.0. The van der Waals surface area contributed by atoms with Crippen molar-refractivity contribution < 1.29 is 27.2 Å². The summed E-state index contributed by atoms with van der Waals surface area (Å²) in [6.07, 6.45) is -3.71. The number of para-hydroxylation sites is 1. The summed E-state index contributed by atoms with van der Waals surface area (Å²) < 4.78 is 48.7. The van der Waals surface area contributed by atoms with Gasteiger partial charge in [0.15, 0.2) is 5.58 Å². The summed E-state index contributed by atoms with van der Waals surface area (Å²) in [5.41, 5.74) is 0.345. The van der Waals surface area contributed by atoms with Gasteiger partial charge in [-0.05, 0) is 18.2 Å². The topological polar surface area (TPSA) is 68.5 Å². The summed E-state index contributed by atoms with van der Waals surface area (Å²) in [4.78, 5) is 17.7. The van der Waals surface area contributed by atoms with Crippen LogP contribution in [0.1, 0.15) is 11.3 Å². The Morgan fingerprint density at radius 2 is 2.04 bits per heavy atom. The molecule has 9 heteroatoms. The third kappa shape index (κ3) is 3.57. The lowest BCUT2D eigenvalue weighted by Crippen LogP contribution is -2.56. The highest BCUT2D eigenvalue weighted by Crippen LogP contribution is 2.31. The molecule has 1 amide bonds. The molecule has 3 aromatic rings. The number of benzene rings is 1. The maximum atomic E-state index is 12.7. The number of aromatic nitrogens is 2. The molecular weight excluding hydrogens is 363 g/mol. The largest absolute Gasteiger partial charge is 0.471 e. The quantitative estimate of drug-likeness (QED) is 0.699. The number of amides is 1. The van der Waals surface area contributed by atoms with E-state index in [1.807, 2.05) is 18.2 Å². The van der Waals surface area contributed by atoms with E-state index in [1.54, 1.807) is 11.0 Å². The maximum Gasteiger partial charge on any atom is 0.416 e. The maximum absolute atomic E-state index is 12.7. The van der Waals surface area contributed by atoms with Gasteiger partial charge >= 0.3 is 6.18 Å². The highest BCUT2D eigenvalue weighted by Gasteiger charge is 2.34. The molecule has 1 aromatic carbocycles. The number of fused-ring (bicyclic) bond motifs is 1. The van der Waals surface area contributed by atoms with E-state index < -0.39 is 11.7 Å². The number of hydrogen-bond donors (Lipinski definition) is 0. The Balaban J connectivity index is 1.34. The van der Waals surface area contributed by atoms with Crippen molar-refractivity contribution in [2.24, 2.45) is 0 Å². The Hall–Kier alpha value is -3.10. The van der Waals surface area contributed by atoms with Crippen molar-refractivity contribution >= 4 is 16.9 Å². The minimum Gasteiger partial charge on any atom is -0.471 e. The first-order valence-corrected chi connectivity index (χ1v) is 8.21. The Morgan fingerprint density at radius 1 is 1.26 bits per heavy atom. The number of alkyl halides is 3. The van der Waals surface area contributed by atoms with E-state index in [0.29, 0.717) is 11.3 Å². The molecule has 0 unspecified atom stereocenters. The Labute approximate surface area is 151 Å². The molecule has 0 bridgehead atoms. The number of halogens is 3. The summed E-state index contributed by atoms with van der Waals surface area (Å²) in [5.74, 6) is -0.254. The highest BCUT2D eigenvalue weighted by atomic mass is 19.4. The molecule has 0 spiro atoms. The standard InChI is InChI=1S/C18H14F3N3O3/c19-18(20,21)11-5-6-22-16(7-11)26-12-9-24(10-12)17(25)8-14-13-3-1-2-4-15(13)27-23-14/h1-7,12H,8-10H2. The Morgan fingerprint density at radius 3 is 2.81 bits per heavy atom. The highest BCUT2D eigenvalue weighted by molar-refractivity contribution is 5.86. The van der Waals surface area contributed by atoms with Gasteiger partial charge in [-0.2, -0.15) is 13.2 Å². The molecule has 0 saturated carbocycles. The monoisotopic (exact) mass is 377 g/mol. The molecule has 0 radical (unpaired) electrons. The second-order valence-electron chi connectivity index (χ2n) is 6.22. The van der Waals surface area contributed by atoms with Gasteiger partial charge in [0.1, 0.15) is 11.8 Å². The first-order chi connectivity index (χ1) is 12.9. The molecule has 4 rings (SSSR count). The molecule has 0 N–H and O–H groups in total. The van der Waals surface area contributed by atoms with Crippen molar-refractivity contribution in [3.63, 3.8) is 0 Å². The summed E-state index contributed by atoms with van der Waals surface area (Å²) in [6.45, 7) is 0.569. The molecule has 2 aromatic heterocycles. The lowest BCUT2D eigenvalue weighted by Gasteiger charge is -2.38. The SMILES string of the molecule is O=C(Cc1noc2ccccc12)N1CC(Oc2cc(C(F)(F)F)ccn2)C1. The Kier molecular flexibility index (Phi) is 4.21. The van der Waals surface area contributed by atoms with Crippen LogP contribution in [0.2, 0.25) is 0 Å². The van der Waals surface area contributed by atoms with Crippen molar-refractivity contribution in [3.05, 3.63) is 53.9 Å². The zero-order chi connectivity index (χ0) is 19.0. The van der Waals surface area contributed by atoms with Crippen molar-refractivity contribution in [1.82, 2.24) is 15.0 Å².